The van der Waals surface area contributed by atoms with E-state index in [-0.39, 0.29) is 50.9 Å². The molecule has 0 aromatic heterocycles. The fourth-order valence-corrected chi connectivity index (χ4v) is 5.12. The van der Waals surface area contributed by atoms with Crippen LogP contribution >= 0.6 is 0 Å². The van der Waals surface area contributed by atoms with Crippen molar-refractivity contribution in [3.63, 3.8) is 0 Å². The molecule has 4 N–H and O–H groups in total. The summed E-state index contributed by atoms with van der Waals surface area (Å²) in [5, 5.41) is 5.11. The van der Waals surface area contributed by atoms with Gasteiger partial charge >= 0.3 is 0 Å². The summed E-state index contributed by atoms with van der Waals surface area (Å²) in [6.45, 7) is 1.02. The molecule has 4 fully saturated rings. The number of hydrogen-bond donors (Lipinski definition) is 3. The van der Waals surface area contributed by atoms with Gasteiger partial charge in [-0.15, -0.1) is 0 Å². The van der Waals surface area contributed by atoms with Crippen molar-refractivity contribution in [3.05, 3.63) is 30.3 Å². The Labute approximate surface area is 185 Å². The monoisotopic (exact) mass is 444 g/mol. The zero-order valence-electron chi connectivity index (χ0n) is 18.0. The molecule has 3 aliphatic heterocycles. The second-order valence-electron chi connectivity index (χ2n) is 8.87. The van der Waals surface area contributed by atoms with Gasteiger partial charge in [-0.3, -0.25) is 19.2 Å². The molecule has 10 heteroatoms. The SMILES string of the molecule is CNC(=O)CC(=O)NCC12CC(C(N)=O)(C1)C1(CN(C(=O)CCOc3ccccc3)C1)O2. The van der Waals surface area contributed by atoms with Crippen LogP contribution in [-0.2, 0) is 23.9 Å². The van der Waals surface area contributed by atoms with Gasteiger partial charge < -0.3 is 30.7 Å². The van der Waals surface area contributed by atoms with Crippen molar-refractivity contribution in [2.45, 2.75) is 36.9 Å². The molecule has 1 saturated carbocycles. The number of benzene rings is 1. The van der Waals surface area contributed by atoms with Crippen molar-refractivity contribution < 1.29 is 28.7 Å². The summed E-state index contributed by atoms with van der Waals surface area (Å²) in [6.07, 6.45) is 0.741. The van der Waals surface area contributed by atoms with Crippen LogP contribution in [0.2, 0.25) is 0 Å². The number of nitrogens with one attached hydrogen (secondary N) is 2. The Bertz CT molecular complexity index is 922. The molecule has 3 saturated heterocycles. The van der Waals surface area contributed by atoms with Gasteiger partial charge in [0.05, 0.1) is 37.1 Å². The molecule has 4 aliphatic rings. The first-order valence-electron chi connectivity index (χ1n) is 10.7. The third kappa shape index (κ3) is 3.68. The minimum atomic E-state index is -0.837. The number of carbonyl (C=O) groups excluding carboxylic acids is 4. The number of para-hydroxylation sites is 1. The Hall–Kier alpha value is -3.14. The standard InChI is InChI=1S/C22H28N4O6/c1-24-16(27)9-17(28)25-12-20-10-21(11-20,19(23)30)22(32-20)13-26(14-22)18(29)7-8-31-15-5-3-2-4-6-15/h2-6H,7-14H2,1H3,(H2,23,30)(H,24,27)(H,25,28). The fraction of sp³-hybridized carbons (Fsp3) is 0.545. The average molecular weight is 444 g/mol. The predicted molar refractivity (Wildman–Crippen MR) is 112 cm³/mol. The topological polar surface area (TPSA) is 140 Å². The molecule has 1 aromatic rings. The Morgan fingerprint density at radius 1 is 1.12 bits per heavy atom. The van der Waals surface area contributed by atoms with E-state index in [1.165, 1.54) is 7.05 Å². The maximum atomic E-state index is 12.6. The van der Waals surface area contributed by atoms with E-state index in [0.717, 1.165) is 0 Å². The second-order valence-corrected chi connectivity index (χ2v) is 8.87. The predicted octanol–water partition coefficient (Wildman–Crippen LogP) is -0.677. The first-order chi connectivity index (χ1) is 15.2. The molecule has 4 amide bonds. The molecular weight excluding hydrogens is 416 g/mol. The fourth-order valence-electron chi connectivity index (χ4n) is 5.12. The summed E-state index contributed by atoms with van der Waals surface area (Å²) in [5.41, 5.74) is 3.39. The van der Waals surface area contributed by atoms with Crippen LogP contribution in [0.25, 0.3) is 0 Å². The smallest absolute Gasteiger partial charge is 0.229 e. The molecule has 0 unspecified atom stereocenters. The molecular formula is C22H28N4O6. The number of primary amides is 1. The maximum absolute atomic E-state index is 12.6. The van der Waals surface area contributed by atoms with Gasteiger partial charge in [0.25, 0.3) is 0 Å². The van der Waals surface area contributed by atoms with E-state index in [2.05, 4.69) is 10.6 Å². The van der Waals surface area contributed by atoms with Gasteiger partial charge in [-0.2, -0.15) is 0 Å². The highest BCUT2D eigenvalue weighted by atomic mass is 16.6. The van der Waals surface area contributed by atoms with E-state index < -0.39 is 28.4 Å². The van der Waals surface area contributed by atoms with Crippen molar-refractivity contribution in [2.75, 3.05) is 33.3 Å². The summed E-state index contributed by atoms with van der Waals surface area (Å²) in [7, 11) is 1.46. The average Bonchev–Trinajstić information content (AvgIpc) is 3.19. The third-order valence-corrected chi connectivity index (χ3v) is 6.78. The molecule has 1 aliphatic carbocycles. The summed E-state index contributed by atoms with van der Waals surface area (Å²) in [4.78, 5) is 49.8. The summed E-state index contributed by atoms with van der Waals surface area (Å²) in [6, 6.07) is 9.26. The highest BCUT2D eigenvalue weighted by Crippen LogP contribution is 2.68. The number of likely N-dealkylation sites (tertiary alicyclic amines) is 1. The number of nitrogens with two attached hydrogens (primary N) is 1. The minimum absolute atomic E-state index is 0.0770. The van der Waals surface area contributed by atoms with E-state index in [1.54, 1.807) is 4.90 Å². The number of hydrogen-bond acceptors (Lipinski definition) is 6. The zero-order valence-corrected chi connectivity index (χ0v) is 18.0. The lowest BCUT2D eigenvalue weighted by atomic mass is 9.53. The molecule has 10 nitrogen and oxygen atoms in total. The lowest BCUT2D eigenvalue weighted by Crippen LogP contribution is -2.71. The van der Waals surface area contributed by atoms with Gasteiger partial charge in [0.15, 0.2) is 0 Å². The van der Waals surface area contributed by atoms with Crippen LogP contribution in [0.1, 0.15) is 25.7 Å². The number of amides is 4. The van der Waals surface area contributed by atoms with E-state index in [9.17, 15) is 19.2 Å². The molecule has 1 spiro atoms. The third-order valence-electron chi connectivity index (χ3n) is 6.78. The number of carbonyl (C=O) groups is 4. The van der Waals surface area contributed by atoms with Crippen LogP contribution in [0.4, 0.5) is 0 Å². The van der Waals surface area contributed by atoms with Crippen LogP contribution < -0.4 is 21.1 Å². The molecule has 0 atom stereocenters. The Balaban J connectivity index is 1.30. The molecule has 32 heavy (non-hydrogen) atoms. The minimum Gasteiger partial charge on any atom is -0.493 e. The van der Waals surface area contributed by atoms with Crippen LogP contribution in [0.3, 0.4) is 0 Å². The lowest BCUT2D eigenvalue weighted by Gasteiger charge is -2.53. The Morgan fingerprint density at radius 3 is 2.44 bits per heavy atom. The number of rotatable bonds is 9. The van der Waals surface area contributed by atoms with E-state index in [0.29, 0.717) is 18.6 Å². The number of ether oxygens (including phenoxy) is 2. The molecule has 1 aromatic carbocycles. The Morgan fingerprint density at radius 2 is 1.81 bits per heavy atom. The molecule has 3 heterocycles. The van der Waals surface area contributed by atoms with E-state index >= 15 is 0 Å². The van der Waals surface area contributed by atoms with Crippen LogP contribution in [-0.4, -0.2) is 73.0 Å². The molecule has 0 radical (unpaired) electrons. The highest BCUT2D eigenvalue weighted by Gasteiger charge is 2.80. The first-order valence-corrected chi connectivity index (χ1v) is 10.7. The first kappa shape index (κ1) is 22.1. The van der Waals surface area contributed by atoms with Gasteiger partial charge in [-0.05, 0) is 25.0 Å². The number of nitrogens with zero attached hydrogens (tertiary/aromatic N) is 1. The van der Waals surface area contributed by atoms with Gasteiger partial charge in [0, 0.05) is 13.6 Å². The van der Waals surface area contributed by atoms with E-state index in [4.69, 9.17) is 15.2 Å². The maximum Gasteiger partial charge on any atom is 0.229 e. The van der Waals surface area contributed by atoms with Crippen molar-refractivity contribution in [1.29, 1.82) is 0 Å². The van der Waals surface area contributed by atoms with Crippen molar-refractivity contribution >= 4 is 23.6 Å². The summed E-state index contributed by atoms with van der Waals surface area (Å²) >= 11 is 0. The van der Waals surface area contributed by atoms with Crippen molar-refractivity contribution in [3.8, 4) is 5.75 Å². The summed E-state index contributed by atoms with van der Waals surface area (Å²) in [5.74, 6) is -0.612. The van der Waals surface area contributed by atoms with Crippen molar-refractivity contribution in [1.82, 2.24) is 15.5 Å². The normalized spacial score (nSPS) is 26.6. The van der Waals surface area contributed by atoms with Crippen LogP contribution in [0, 0.1) is 5.41 Å². The summed E-state index contributed by atoms with van der Waals surface area (Å²) < 4.78 is 11.9. The molecule has 5 rings (SSSR count). The van der Waals surface area contributed by atoms with Gasteiger partial charge in [0.2, 0.25) is 23.6 Å². The zero-order chi connectivity index (χ0) is 23.0. The molecule has 2 bridgehead atoms. The quantitative estimate of drug-likeness (QED) is 0.431. The van der Waals surface area contributed by atoms with E-state index in [1.807, 2.05) is 30.3 Å². The van der Waals surface area contributed by atoms with Gasteiger partial charge in [0.1, 0.15) is 17.8 Å². The molecule has 172 valence electrons. The van der Waals surface area contributed by atoms with Gasteiger partial charge in [-0.25, -0.2) is 0 Å². The highest BCUT2D eigenvalue weighted by molar-refractivity contribution is 5.96. The van der Waals surface area contributed by atoms with Crippen LogP contribution in [0.15, 0.2) is 30.3 Å². The Kier molecular flexibility index (Phi) is 5.58. The second kappa shape index (κ2) is 8.09. The van der Waals surface area contributed by atoms with Gasteiger partial charge in [-0.1, -0.05) is 18.2 Å². The largest absolute Gasteiger partial charge is 0.493 e. The lowest BCUT2D eigenvalue weighted by molar-refractivity contribution is -0.176. The van der Waals surface area contributed by atoms with Crippen LogP contribution in [0.5, 0.6) is 5.75 Å². The van der Waals surface area contributed by atoms with Crippen molar-refractivity contribution in [2.24, 2.45) is 11.1 Å².